The van der Waals surface area contributed by atoms with Crippen LogP contribution in [0.5, 0.6) is 0 Å². The summed E-state index contributed by atoms with van der Waals surface area (Å²) in [5, 5.41) is 2.29. The van der Waals surface area contributed by atoms with Crippen LogP contribution in [0.25, 0.3) is 95.0 Å². The van der Waals surface area contributed by atoms with E-state index in [0.29, 0.717) is 17.6 Å². The maximum absolute atomic E-state index is 5.31. The highest BCUT2D eigenvalue weighted by molar-refractivity contribution is 6.12. The molecule has 10 aromatic carbocycles. The molecule has 0 unspecified atom stereocenters. The summed E-state index contributed by atoms with van der Waals surface area (Å²) >= 11 is 0. The van der Waals surface area contributed by atoms with E-state index in [0.717, 1.165) is 61.1 Å². The minimum atomic E-state index is -0.201. The maximum Gasteiger partial charge on any atom is 0.238 e. The van der Waals surface area contributed by atoms with Crippen molar-refractivity contribution in [3.05, 3.63) is 258 Å². The average molecular weight is 990 g/mol. The van der Waals surface area contributed by atoms with E-state index in [1.54, 1.807) is 0 Å². The van der Waals surface area contributed by atoms with Gasteiger partial charge < -0.3 is 4.90 Å². The maximum atomic E-state index is 5.31. The summed E-state index contributed by atoms with van der Waals surface area (Å²) < 4.78 is 2.27. The Labute approximate surface area is 449 Å². The van der Waals surface area contributed by atoms with Crippen molar-refractivity contribution in [2.45, 2.75) is 57.8 Å². The molecule has 0 radical (unpaired) electrons. The first-order valence-electron chi connectivity index (χ1n) is 26.9. The van der Waals surface area contributed by atoms with Crippen LogP contribution in [0, 0.1) is 0 Å². The van der Waals surface area contributed by atoms with Gasteiger partial charge >= 0.3 is 0 Å². The van der Waals surface area contributed by atoms with Crippen LogP contribution in [0.4, 0.5) is 17.1 Å². The van der Waals surface area contributed by atoms with Crippen molar-refractivity contribution in [3.8, 4) is 73.2 Å². The fourth-order valence-corrected chi connectivity index (χ4v) is 13.4. The van der Waals surface area contributed by atoms with Crippen LogP contribution in [-0.4, -0.2) is 19.5 Å². The lowest BCUT2D eigenvalue weighted by molar-refractivity contribution is 0.660. The van der Waals surface area contributed by atoms with Gasteiger partial charge in [0.1, 0.15) is 0 Å². The molecule has 0 aliphatic heterocycles. The predicted molar refractivity (Wildman–Crippen MR) is 318 cm³/mol. The first-order valence-corrected chi connectivity index (χ1v) is 26.9. The standard InChI is InChI=1S/C72H55N5/c1-70(2)60-27-17-14-24-52(60)55-40-49(35-37-62(55)70)76(50-34-36-54-51-23-13-16-26-59(51)71(3,4)63(54)41-50)48-32-29-44(30-33-48)47-31-38-65-57(39-47)58-42-56-53-25-15-18-28-61(53)72(5,6)64(56)43-66(58)77(65)69-74-67(45-19-9-7-10-20-45)73-68(75-69)46-21-11-8-12-22-46/h7-43H,1-6H3. The van der Waals surface area contributed by atoms with Crippen LogP contribution < -0.4 is 4.90 Å². The molecule has 0 amide bonds. The molecule has 3 aliphatic carbocycles. The fraction of sp³-hybridized carbons (Fsp3) is 0.125. The van der Waals surface area contributed by atoms with Gasteiger partial charge in [0.15, 0.2) is 11.6 Å². The molecule has 0 fully saturated rings. The van der Waals surface area contributed by atoms with Crippen LogP contribution >= 0.6 is 0 Å². The number of aromatic nitrogens is 4. The fourth-order valence-electron chi connectivity index (χ4n) is 13.4. The van der Waals surface area contributed by atoms with Gasteiger partial charge in [-0.05, 0) is 139 Å². The normalized spacial score (nSPS) is 14.7. The third-order valence-corrected chi connectivity index (χ3v) is 17.5. The number of nitrogens with zero attached hydrogens (tertiary/aromatic N) is 5. The van der Waals surface area contributed by atoms with Crippen molar-refractivity contribution >= 4 is 38.9 Å². The molecule has 0 saturated carbocycles. The van der Waals surface area contributed by atoms with E-state index in [9.17, 15) is 0 Å². The molecule has 77 heavy (non-hydrogen) atoms. The number of hydrogen-bond donors (Lipinski definition) is 0. The monoisotopic (exact) mass is 989 g/mol. The highest BCUT2D eigenvalue weighted by atomic mass is 15.2. The Hall–Kier alpha value is -9.19. The molecule has 0 N–H and O–H groups in total. The van der Waals surface area contributed by atoms with Gasteiger partial charge in [-0.1, -0.05) is 205 Å². The van der Waals surface area contributed by atoms with Crippen molar-refractivity contribution in [3.63, 3.8) is 0 Å². The predicted octanol–water partition coefficient (Wildman–Crippen LogP) is 18.4. The van der Waals surface area contributed by atoms with E-state index >= 15 is 0 Å². The Morgan fingerprint density at radius 2 is 0.740 bits per heavy atom. The van der Waals surface area contributed by atoms with Gasteiger partial charge in [0.2, 0.25) is 5.95 Å². The minimum Gasteiger partial charge on any atom is -0.310 e. The molecule has 15 rings (SSSR count). The summed E-state index contributed by atoms with van der Waals surface area (Å²) in [5.41, 5.74) is 25.1. The van der Waals surface area contributed by atoms with Crippen molar-refractivity contribution in [2.24, 2.45) is 0 Å². The molecular weight excluding hydrogens is 935 g/mol. The lowest BCUT2D eigenvalue weighted by Crippen LogP contribution is -2.17. The van der Waals surface area contributed by atoms with E-state index in [1.165, 1.54) is 66.8 Å². The zero-order valence-electron chi connectivity index (χ0n) is 44.1. The Morgan fingerprint density at radius 1 is 0.299 bits per heavy atom. The van der Waals surface area contributed by atoms with Crippen molar-refractivity contribution in [1.29, 1.82) is 0 Å². The molecule has 0 spiro atoms. The second-order valence-electron chi connectivity index (χ2n) is 22.9. The van der Waals surface area contributed by atoms with E-state index in [4.69, 9.17) is 15.0 Å². The largest absolute Gasteiger partial charge is 0.310 e. The van der Waals surface area contributed by atoms with Crippen molar-refractivity contribution in [2.75, 3.05) is 4.90 Å². The number of benzene rings is 10. The van der Waals surface area contributed by atoms with Gasteiger partial charge in [-0.15, -0.1) is 0 Å². The third-order valence-electron chi connectivity index (χ3n) is 17.5. The zero-order chi connectivity index (χ0) is 52.0. The number of fused-ring (bicyclic) bond motifs is 12. The van der Waals surface area contributed by atoms with Crippen LogP contribution in [0.1, 0.15) is 74.9 Å². The summed E-state index contributed by atoms with van der Waals surface area (Å²) in [5.74, 6) is 1.85. The molecule has 2 aromatic heterocycles. The Balaban J connectivity index is 0.900. The molecule has 0 bridgehead atoms. The number of rotatable bonds is 7. The Bertz CT molecular complexity index is 4350. The SMILES string of the molecule is CC1(C)c2ccccc2-c2cc(N(c3ccc(-c4ccc5c(c4)c4cc6c(cc4n5-c4nc(-c5ccccc5)nc(-c5ccccc5)n4)C(C)(C)c4ccccc4-6)cc3)c3ccc4c(c3)C(C)(C)c3ccccc3-4)ccc21. The second-order valence-corrected chi connectivity index (χ2v) is 22.9. The number of hydrogen-bond acceptors (Lipinski definition) is 4. The first-order chi connectivity index (χ1) is 37.4. The third kappa shape index (κ3) is 6.69. The van der Waals surface area contributed by atoms with E-state index in [-0.39, 0.29) is 16.2 Å². The van der Waals surface area contributed by atoms with E-state index < -0.39 is 0 Å². The molecular formula is C72H55N5. The highest BCUT2D eigenvalue weighted by Gasteiger charge is 2.39. The average Bonchev–Trinajstić information content (AvgIpc) is 4.21. The van der Waals surface area contributed by atoms with Crippen LogP contribution in [0.3, 0.4) is 0 Å². The lowest BCUT2D eigenvalue weighted by atomic mass is 9.82. The van der Waals surface area contributed by atoms with Gasteiger partial charge in [-0.2, -0.15) is 9.97 Å². The summed E-state index contributed by atoms with van der Waals surface area (Å²) in [6.07, 6.45) is 0. The summed E-state index contributed by atoms with van der Waals surface area (Å²) in [6, 6.07) is 82.3. The van der Waals surface area contributed by atoms with Gasteiger partial charge in [-0.25, -0.2) is 4.98 Å². The zero-order valence-corrected chi connectivity index (χ0v) is 44.1. The molecule has 5 nitrogen and oxygen atoms in total. The lowest BCUT2D eigenvalue weighted by Gasteiger charge is -2.29. The van der Waals surface area contributed by atoms with E-state index in [1.807, 2.05) is 36.4 Å². The van der Waals surface area contributed by atoms with Gasteiger partial charge in [0.25, 0.3) is 0 Å². The van der Waals surface area contributed by atoms with Crippen LogP contribution in [-0.2, 0) is 16.2 Å². The molecule has 3 aliphatic rings. The summed E-state index contributed by atoms with van der Waals surface area (Å²) in [7, 11) is 0. The molecule has 0 atom stereocenters. The molecule has 12 aromatic rings. The first kappa shape index (κ1) is 45.2. The molecule has 0 saturated heterocycles. The smallest absolute Gasteiger partial charge is 0.238 e. The summed E-state index contributed by atoms with van der Waals surface area (Å²) in [6.45, 7) is 14.1. The van der Waals surface area contributed by atoms with Crippen molar-refractivity contribution < 1.29 is 0 Å². The highest BCUT2D eigenvalue weighted by Crippen LogP contribution is 2.54. The van der Waals surface area contributed by atoms with Gasteiger partial charge in [0.05, 0.1) is 11.0 Å². The van der Waals surface area contributed by atoms with E-state index in [2.05, 4.69) is 239 Å². The van der Waals surface area contributed by atoms with Crippen LogP contribution in [0.15, 0.2) is 224 Å². The Morgan fingerprint density at radius 3 is 1.35 bits per heavy atom. The topological polar surface area (TPSA) is 46.8 Å². The number of anilines is 3. The van der Waals surface area contributed by atoms with Crippen LogP contribution in [0.2, 0.25) is 0 Å². The van der Waals surface area contributed by atoms with Crippen molar-refractivity contribution in [1.82, 2.24) is 19.5 Å². The quantitative estimate of drug-likeness (QED) is 0.160. The van der Waals surface area contributed by atoms with Gasteiger partial charge in [0, 0.05) is 55.2 Å². The minimum absolute atomic E-state index is 0.0869. The van der Waals surface area contributed by atoms with Gasteiger partial charge in [-0.3, -0.25) is 4.57 Å². The molecule has 2 heterocycles. The molecule has 368 valence electrons. The molecule has 5 heteroatoms. The Kier molecular flexibility index (Phi) is 9.63. The second kappa shape index (κ2) is 16.4. The summed E-state index contributed by atoms with van der Waals surface area (Å²) in [4.78, 5) is 18.2.